The molecule has 0 radical (unpaired) electrons. The van der Waals surface area contributed by atoms with Crippen LogP contribution in [0.4, 0.5) is 23.2 Å². The fourth-order valence-corrected chi connectivity index (χ4v) is 6.29. The number of carbonyl (C=O) groups is 1. The molecule has 1 N–H and O–H groups in total. The first-order chi connectivity index (χ1) is 18.4. The monoisotopic (exact) mass is 547 g/mol. The molecule has 10 heteroatoms. The maximum Gasteiger partial charge on any atom is 0.404 e. The van der Waals surface area contributed by atoms with E-state index >= 15 is 0 Å². The van der Waals surface area contributed by atoms with Crippen molar-refractivity contribution < 1.29 is 22.4 Å². The SMILES string of the molecule is C[C@@H]1CN(CC(=O)N2CC(C)(C)c3ncc(Cc4ccc(F)cc4)cc32)[C@@H](CN2CCC[C@@H]2C(F)(F)F)CN1. The molecule has 39 heavy (non-hydrogen) atoms. The molecule has 1 aromatic heterocycles. The minimum absolute atomic E-state index is 0.0737. The number of fused-ring (bicyclic) bond motifs is 1. The summed E-state index contributed by atoms with van der Waals surface area (Å²) in [5.41, 5.74) is 3.18. The zero-order valence-corrected chi connectivity index (χ0v) is 22.8. The van der Waals surface area contributed by atoms with Crippen LogP contribution < -0.4 is 10.2 Å². The van der Waals surface area contributed by atoms with Crippen LogP contribution in [0.25, 0.3) is 0 Å². The van der Waals surface area contributed by atoms with Gasteiger partial charge in [0.15, 0.2) is 0 Å². The van der Waals surface area contributed by atoms with Crippen molar-refractivity contribution >= 4 is 11.6 Å². The number of aromatic nitrogens is 1. The predicted octanol–water partition coefficient (Wildman–Crippen LogP) is 4.12. The van der Waals surface area contributed by atoms with Crippen molar-refractivity contribution in [3.63, 3.8) is 0 Å². The minimum atomic E-state index is -4.24. The smallest absolute Gasteiger partial charge is 0.311 e. The molecule has 2 aromatic rings. The van der Waals surface area contributed by atoms with E-state index < -0.39 is 12.2 Å². The fourth-order valence-electron chi connectivity index (χ4n) is 6.29. The Balaban J connectivity index is 1.33. The number of piperazine rings is 1. The van der Waals surface area contributed by atoms with Crippen LogP contribution in [0.3, 0.4) is 0 Å². The number of alkyl halides is 3. The van der Waals surface area contributed by atoms with Gasteiger partial charge < -0.3 is 10.2 Å². The van der Waals surface area contributed by atoms with Crippen molar-refractivity contribution in [2.24, 2.45) is 0 Å². The van der Waals surface area contributed by atoms with Crippen molar-refractivity contribution in [2.45, 2.75) is 69.8 Å². The largest absolute Gasteiger partial charge is 0.404 e. The summed E-state index contributed by atoms with van der Waals surface area (Å²) < 4.78 is 54.1. The van der Waals surface area contributed by atoms with E-state index in [1.165, 1.54) is 12.1 Å². The Hall–Kier alpha value is -2.56. The molecule has 6 nitrogen and oxygen atoms in total. The molecule has 1 amide bonds. The molecule has 2 saturated heterocycles. The molecule has 0 saturated carbocycles. The number of nitrogens with one attached hydrogen (secondary N) is 1. The fraction of sp³-hybridized carbons (Fsp3) is 0.586. The Kier molecular flexibility index (Phi) is 7.74. The van der Waals surface area contributed by atoms with E-state index in [2.05, 4.69) is 24.1 Å². The molecule has 0 unspecified atom stereocenters. The van der Waals surface area contributed by atoms with Crippen molar-refractivity contribution in [1.29, 1.82) is 0 Å². The number of hydrogen-bond acceptors (Lipinski definition) is 5. The Labute approximate surface area is 227 Å². The summed E-state index contributed by atoms with van der Waals surface area (Å²) in [6.45, 7) is 8.62. The van der Waals surface area contributed by atoms with Gasteiger partial charge in [-0.3, -0.25) is 19.6 Å². The van der Waals surface area contributed by atoms with E-state index in [-0.39, 0.29) is 48.7 Å². The summed E-state index contributed by atoms with van der Waals surface area (Å²) in [4.78, 5) is 23.9. The molecule has 5 rings (SSSR count). The molecule has 0 aliphatic carbocycles. The first-order valence-corrected chi connectivity index (χ1v) is 13.7. The van der Waals surface area contributed by atoms with Crippen LogP contribution in [-0.2, 0) is 16.6 Å². The summed E-state index contributed by atoms with van der Waals surface area (Å²) >= 11 is 0. The quantitative estimate of drug-likeness (QED) is 0.552. The third kappa shape index (κ3) is 6.12. The van der Waals surface area contributed by atoms with Gasteiger partial charge in [-0.15, -0.1) is 0 Å². The van der Waals surface area contributed by atoms with E-state index in [1.54, 1.807) is 21.9 Å². The summed E-state index contributed by atoms with van der Waals surface area (Å²) in [5, 5.41) is 3.39. The molecule has 0 spiro atoms. The Bertz CT molecular complexity index is 1190. The van der Waals surface area contributed by atoms with Gasteiger partial charge in [0.2, 0.25) is 5.91 Å². The number of pyridine rings is 1. The Morgan fingerprint density at radius 2 is 1.90 bits per heavy atom. The second kappa shape index (κ2) is 10.8. The number of likely N-dealkylation sites (tertiary alicyclic amines) is 1. The van der Waals surface area contributed by atoms with E-state index in [1.807, 2.05) is 19.2 Å². The summed E-state index contributed by atoms with van der Waals surface area (Å²) in [5.74, 6) is -0.362. The molecule has 4 heterocycles. The minimum Gasteiger partial charge on any atom is -0.311 e. The van der Waals surface area contributed by atoms with Crippen LogP contribution in [-0.4, -0.2) is 84.3 Å². The van der Waals surface area contributed by atoms with Gasteiger partial charge in [0.25, 0.3) is 0 Å². The number of anilines is 1. The number of benzene rings is 1. The number of carbonyl (C=O) groups excluding carboxylic acids is 1. The van der Waals surface area contributed by atoms with E-state index in [9.17, 15) is 22.4 Å². The van der Waals surface area contributed by atoms with Gasteiger partial charge in [0.1, 0.15) is 11.9 Å². The second-order valence-corrected chi connectivity index (χ2v) is 12.0. The van der Waals surface area contributed by atoms with Crippen LogP contribution in [0.2, 0.25) is 0 Å². The van der Waals surface area contributed by atoms with Crippen LogP contribution in [0.5, 0.6) is 0 Å². The number of rotatable bonds is 6. The van der Waals surface area contributed by atoms with Gasteiger partial charge in [0.05, 0.1) is 17.9 Å². The van der Waals surface area contributed by atoms with Crippen molar-refractivity contribution in [3.05, 3.63) is 59.2 Å². The number of hydrogen-bond donors (Lipinski definition) is 1. The molecule has 3 aliphatic rings. The van der Waals surface area contributed by atoms with Gasteiger partial charge in [-0.2, -0.15) is 13.2 Å². The molecule has 0 bridgehead atoms. The standard InChI is InChI=1S/C29H37F4N5O/c1-19-15-37(23(14-34-19)16-36-10-4-5-25(36)29(31,32)33)17-26(39)38-18-28(2,3)27-24(38)12-21(13-35-27)11-20-6-8-22(30)9-7-20/h6-9,12-13,19,23,25,34H,4-5,10-11,14-18H2,1-3H3/t19-,23-,25-/m1/s1. The van der Waals surface area contributed by atoms with E-state index in [0.29, 0.717) is 39.0 Å². The molecular formula is C29H37F4N5O. The number of halogens is 4. The number of nitrogens with zero attached hydrogens (tertiary/aromatic N) is 4. The van der Waals surface area contributed by atoms with E-state index in [0.717, 1.165) is 22.5 Å². The first kappa shape index (κ1) is 28.0. The van der Waals surface area contributed by atoms with Crippen molar-refractivity contribution in [1.82, 2.24) is 20.1 Å². The molecule has 2 fully saturated rings. The summed E-state index contributed by atoms with van der Waals surface area (Å²) in [7, 11) is 0. The van der Waals surface area contributed by atoms with Crippen molar-refractivity contribution in [2.75, 3.05) is 44.2 Å². The average molecular weight is 548 g/mol. The number of amides is 1. The lowest BCUT2D eigenvalue weighted by atomic mass is 9.91. The van der Waals surface area contributed by atoms with Crippen LogP contribution in [0, 0.1) is 5.82 Å². The maximum absolute atomic E-state index is 13.8. The molecule has 3 aliphatic heterocycles. The van der Waals surface area contributed by atoms with Gasteiger partial charge in [-0.25, -0.2) is 4.39 Å². The summed E-state index contributed by atoms with van der Waals surface area (Å²) in [6, 6.07) is 6.87. The highest BCUT2D eigenvalue weighted by Gasteiger charge is 2.47. The molecule has 3 atom stereocenters. The van der Waals surface area contributed by atoms with Gasteiger partial charge in [0, 0.05) is 49.9 Å². The third-order valence-corrected chi connectivity index (χ3v) is 8.28. The lowest BCUT2D eigenvalue weighted by molar-refractivity contribution is -0.177. The van der Waals surface area contributed by atoms with Gasteiger partial charge in [-0.1, -0.05) is 26.0 Å². The zero-order valence-electron chi connectivity index (χ0n) is 22.8. The third-order valence-electron chi connectivity index (χ3n) is 8.28. The Morgan fingerprint density at radius 3 is 2.62 bits per heavy atom. The highest BCUT2D eigenvalue weighted by Crippen LogP contribution is 2.40. The highest BCUT2D eigenvalue weighted by molar-refractivity contribution is 5.97. The predicted molar refractivity (Wildman–Crippen MR) is 142 cm³/mol. The molecular weight excluding hydrogens is 510 g/mol. The topological polar surface area (TPSA) is 51.7 Å². The average Bonchev–Trinajstić information content (AvgIpc) is 3.44. The molecule has 212 valence electrons. The zero-order chi connectivity index (χ0) is 27.9. The first-order valence-electron chi connectivity index (χ1n) is 13.7. The highest BCUT2D eigenvalue weighted by atomic mass is 19.4. The van der Waals surface area contributed by atoms with Gasteiger partial charge >= 0.3 is 6.18 Å². The Morgan fingerprint density at radius 1 is 1.15 bits per heavy atom. The van der Waals surface area contributed by atoms with Crippen LogP contribution >= 0.6 is 0 Å². The maximum atomic E-state index is 13.8. The summed E-state index contributed by atoms with van der Waals surface area (Å²) in [6.07, 6.45) is -1.19. The van der Waals surface area contributed by atoms with Gasteiger partial charge in [-0.05, 0) is 62.1 Å². The lowest BCUT2D eigenvalue weighted by Gasteiger charge is -2.42. The second-order valence-electron chi connectivity index (χ2n) is 12.0. The lowest BCUT2D eigenvalue weighted by Crippen LogP contribution is -2.61. The van der Waals surface area contributed by atoms with E-state index in [4.69, 9.17) is 4.98 Å². The van der Waals surface area contributed by atoms with Crippen LogP contribution in [0.1, 0.15) is 50.4 Å². The van der Waals surface area contributed by atoms with Crippen molar-refractivity contribution in [3.8, 4) is 0 Å². The molecule has 1 aromatic carbocycles. The van der Waals surface area contributed by atoms with Crippen LogP contribution in [0.15, 0.2) is 36.5 Å². The normalized spacial score (nSPS) is 25.7.